The molecule has 2 heterocycles. The number of amides is 2. The lowest BCUT2D eigenvalue weighted by molar-refractivity contribution is -0.140. The molecule has 3 aromatic carbocycles. The van der Waals surface area contributed by atoms with Crippen molar-refractivity contribution in [1.82, 2.24) is 15.1 Å². The van der Waals surface area contributed by atoms with Crippen LogP contribution in [0, 0.1) is 17.6 Å². The first-order chi connectivity index (χ1) is 21.3. The Morgan fingerprint density at radius 2 is 1.55 bits per heavy atom. The van der Waals surface area contributed by atoms with Crippen molar-refractivity contribution in [3.05, 3.63) is 106 Å². The Kier molecular flexibility index (Phi) is 9.06. The molecule has 8 heteroatoms. The predicted molar refractivity (Wildman–Crippen MR) is 169 cm³/mol. The zero-order valence-electron chi connectivity index (χ0n) is 25.0. The number of hydrogen-bond acceptors (Lipinski definition) is 3. The van der Waals surface area contributed by atoms with Gasteiger partial charge < -0.3 is 15.1 Å². The van der Waals surface area contributed by atoms with E-state index in [-0.39, 0.29) is 17.7 Å². The molecule has 2 unspecified atom stereocenters. The molecule has 0 bridgehead atoms. The zero-order chi connectivity index (χ0) is 30.7. The highest BCUT2D eigenvalue weighted by Crippen LogP contribution is 2.55. The van der Waals surface area contributed by atoms with E-state index in [2.05, 4.69) is 27.2 Å². The zero-order valence-corrected chi connectivity index (χ0v) is 25.8. The summed E-state index contributed by atoms with van der Waals surface area (Å²) in [5, 5.41) is 3.71. The number of carbonyl (C=O) groups is 2. The van der Waals surface area contributed by atoms with Crippen LogP contribution in [0.2, 0.25) is 5.02 Å². The van der Waals surface area contributed by atoms with Crippen molar-refractivity contribution in [1.29, 1.82) is 0 Å². The minimum atomic E-state index is -0.946. The van der Waals surface area contributed by atoms with Crippen molar-refractivity contribution < 1.29 is 18.4 Å². The van der Waals surface area contributed by atoms with Gasteiger partial charge in [0.25, 0.3) is 0 Å². The van der Waals surface area contributed by atoms with Gasteiger partial charge in [0.2, 0.25) is 11.8 Å². The van der Waals surface area contributed by atoms with Crippen molar-refractivity contribution >= 4 is 23.4 Å². The number of likely N-dealkylation sites (tertiary alicyclic amines) is 2. The van der Waals surface area contributed by atoms with Gasteiger partial charge in [0.15, 0.2) is 11.6 Å². The highest BCUT2D eigenvalue weighted by molar-refractivity contribution is 6.31. The van der Waals surface area contributed by atoms with Gasteiger partial charge in [-0.2, -0.15) is 0 Å². The maximum absolute atomic E-state index is 14.4. The first-order valence-corrected chi connectivity index (χ1v) is 16.3. The molecule has 232 valence electrons. The topological polar surface area (TPSA) is 52.7 Å². The summed E-state index contributed by atoms with van der Waals surface area (Å²) in [5.74, 6) is -1.85. The Bertz CT molecular complexity index is 1490. The van der Waals surface area contributed by atoms with Crippen LogP contribution in [0.4, 0.5) is 8.78 Å². The van der Waals surface area contributed by atoms with Crippen molar-refractivity contribution in [3.8, 4) is 0 Å². The predicted octanol–water partition coefficient (Wildman–Crippen LogP) is 6.28. The maximum Gasteiger partial charge on any atom is 0.233 e. The van der Waals surface area contributed by atoms with E-state index < -0.39 is 22.5 Å². The second kappa shape index (κ2) is 13.0. The monoisotopic (exact) mass is 619 g/mol. The first-order valence-electron chi connectivity index (χ1n) is 15.9. The number of nitrogens with zero attached hydrogens (tertiary/aromatic N) is 2. The van der Waals surface area contributed by atoms with Crippen LogP contribution in [-0.2, 0) is 26.8 Å². The second-order valence-corrected chi connectivity index (χ2v) is 13.1. The fourth-order valence-electron chi connectivity index (χ4n) is 7.47. The molecule has 3 aromatic rings. The minimum absolute atomic E-state index is 0.0466. The van der Waals surface area contributed by atoms with E-state index in [0.29, 0.717) is 49.4 Å². The molecular weight excluding hydrogens is 580 g/mol. The molecule has 3 aliphatic rings. The largest absolute Gasteiger partial charge is 0.355 e. The standard InChI is InChI=1S/C36H40ClF2N3O2/c37-30-12-6-5-9-26(30)15-18-40-33(43)36(28-13-14-31(38)32(39)23-28)24-29(36)25-41-21-16-35(17-22-41,27-10-3-1-4-11-27)34(44)42-19-7-2-8-20-42/h1,3-6,9-14,23,29H,2,7-8,15-22,24-25H2,(H,40,43). The summed E-state index contributed by atoms with van der Waals surface area (Å²) < 4.78 is 28.3. The molecule has 1 N–H and O–H groups in total. The van der Waals surface area contributed by atoms with E-state index in [1.165, 1.54) is 12.5 Å². The molecule has 2 aliphatic heterocycles. The molecule has 0 aromatic heterocycles. The molecule has 0 spiro atoms. The molecule has 1 saturated carbocycles. The normalized spacial score (nSPS) is 23.2. The first kappa shape index (κ1) is 30.7. The van der Waals surface area contributed by atoms with E-state index in [4.69, 9.17) is 11.6 Å². The van der Waals surface area contributed by atoms with Crippen molar-refractivity contribution in [3.63, 3.8) is 0 Å². The van der Waals surface area contributed by atoms with Gasteiger partial charge in [-0.15, -0.1) is 0 Å². The van der Waals surface area contributed by atoms with Crippen LogP contribution >= 0.6 is 11.6 Å². The second-order valence-electron chi connectivity index (χ2n) is 12.7. The molecule has 1 aliphatic carbocycles. The number of halogens is 3. The van der Waals surface area contributed by atoms with Gasteiger partial charge in [-0.25, -0.2) is 8.78 Å². The van der Waals surface area contributed by atoms with Gasteiger partial charge in [0.05, 0.1) is 10.8 Å². The number of rotatable bonds is 9. The number of benzene rings is 3. The molecular formula is C36H40ClF2N3O2. The van der Waals surface area contributed by atoms with E-state index in [9.17, 15) is 18.4 Å². The van der Waals surface area contributed by atoms with Crippen LogP contribution in [0.3, 0.4) is 0 Å². The average Bonchev–Trinajstić information content (AvgIpc) is 3.79. The van der Waals surface area contributed by atoms with E-state index in [0.717, 1.165) is 56.2 Å². The third kappa shape index (κ3) is 6.01. The Morgan fingerprint density at radius 1 is 0.841 bits per heavy atom. The smallest absolute Gasteiger partial charge is 0.233 e. The van der Waals surface area contributed by atoms with Gasteiger partial charge in [0, 0.05) is 31.2 Å². The Balaban J connectivity index is 1.16. The summed E-state index contributed by atoms with van der Waals surface area (Å²) in [6, 6.07) is 21.5. The van der Waals surface area contributed by atoms with E-state index >= 15 is 0 Å². The summed E-state index contributed by atoms with van der Waals surface area (Å²) in [5.41, 5.74) is 1.06. The number of hydrogen-bond donors (Lipinski definition) is 1. The lowest BCUT2D eigenvalue weighted by Crippen LogP contribution is -2.54. The van der Waals surface area contributed by atoms with Gasteiger partial charge >= 0.3 is 0 Å². The van der Waals surface area contributed by atoms with E-state index in [1.807, 2.05) is 42.5 Å². The molecule has 3 fully saturated rings. The van der Waals surface area contributed by atoms with Crippen LogP contribution in [0.5, 0.6) is 0 Å². The Labute approximate surface area is 263 Å². The molecule has 0 radical (unpaired) electrons. The summed E-state index contributed by atoms with van der Waals surface area (Å²) >= 11 is 6.31. The quantitative estimate of drug-likeness (QED) is 0.307. The SMILES string of the molecule is O=C(N1CCCCC1)C1(c2ccccc2)CCN(CC2CC2(C(=O)NCCc2ccccc2Cl)c2ccc(F)c(F)c2)CC1. The molecule has 5 nitrogen and oxygen atoms in total. The van der Waals surface area contributed by atoms with Gasteiger partial charge in [0.1, 0.15) is 0 Å². The summed E-state index contributed by atoms with van der Waals surface area (Å²) in [4.78, 5) is 32.2. The fraction of sp³-hybridized carbons (Fsp3) is 0.444. The molecule has 2 amide bonds. The van der Waals surface area contributed by atoms with Crippen LogP contribution in [0.1, 0.15) is 55.2 Å². The highest BCUT2D eigenvalue weighted by atomic mass is 35.5. The lowest BCUT2D eigenvalue weighted by atomic mass is 9.71. The number of nitrogens with one attached hydrogen (secondary N) is 1. The summed E-state index contributed by atoms with van der Waals surface area (Å²) in [6.07, 6.45) is 5.83. The molecule has 44 heavy (non-hydrogen) atoms. The van der Waals surface area contributed by atoms with E-state index in [1.54, 1.807) is 6.07 Å². The number of piperidine rings is 2. The molecule has 6 rings (SSSR count). The lowest BCUT2D eigenvalue weighted by Gasteiger charge is -2.44. The maximum atomic E-state index is 14.4. The Morgan fingerprint density at radius 3 is 2.25 bits per heavy atom. The summed E-state index contributed by atoms with van der Waals surface area (Å²) in [7, 11) is 0. The van der Waals surface area contributed by atoms with Crippen molar-refractivity contribution in [2.45, 2.75) is 55.8 Å². The van der Waals surface area contributed by atoms with Gasteiger partial charge in [-0.1, -0.05) is 66.2 Å². The number of carbonyl (C=O) groups excluding carboxylic acids is 2. The summed E-state index contributed by atoms with van der Waals surface area (Å²) in [6.45, 7) is 4.14. The Hall–Kier alpha value is -3.29. The van der Waals surface area contributed by atoms with Crippen molar-refractivity contribution in [2.75, 3.05) is 39.3 Å². The van der Waals surface area contributed by atoms with Crippen LogP contribution in [0.15, 0.2) is 72.8 Å². The van der Waals surface area contributed by atoms with Gasteiger partial charge in [-0.05, 0) is 98.8 Å². The van der Waals surface area contributed by atoms with Crippen LogP contribution in [0.25, 0.3) is 0 Å². The van der Waals surface area contributed by atoms with Crippen LogP contribution < -0.4 is 5.32 Å². The fourth-order valence-corrected chi connectivity index (χ4v) is 7.70. The van der Waals surface area contributed by atoms with Crippen LogP contribution in [-0.4, -0.2) is 60.9 Å². The average molecular weight is 620 g/mol. The molecule has 2 saturated heterocycles. The van der Waals surface area contributed by atoms with Crippen molar-refractivity contribution in [2.24, 2.45) is 5.92 Å². The third-order valence-electron chi connectivity index (χ3n) is 10.2. The third-order valence-corrected chi connectivity index (χ3v) is 10.5. The minimum Gasteiger partial charge on any atom is -0.355 e. The highest BCUT2D eigenvalue weighted by Gasteiger charge is 2.61. The van der Waals surface area contributed by atoms with Gasteiger partial charge in [-0.3, -0.25) is 9.59 Å². The molecule has 2 atom stereocenters.